The van der Waals surface area contributed by atoms with Crippen LogP contribution in [-0.4, -0.2) is 23.5 Å². The van der Waals surface area contributed by atoms with E-state index in [2.05, 4.69) is 15.6 Å². The van der Waals surface area contributed by atoms with Gasteiger partial charge >= 0.3 is 6.03 Å². The number of nitrogens with one attached hydrogen (secondary N) is 2. The van der Waals surface area contributed by atoms with Crippen LogP contribution in [0, 0.1) is 18.6 Å². The lowest BCUT2D eigenvalue weighted by Crippen LogP contribution is -2.34. The molecule has 3 amide bonds. The molecule has 3 heterocycles. The number of nitrogens with zero attached hydrogens (tertiary/aromatic N) is 2. The van der Waals surface area contributed by atoms with E-state index in [4.69, 9.17) is 0 Å². The van der Waals surface area contributed by atoms with Gasteiger partial charge in [-0.1, -0.05) is 24.3 Å². The Morgan fingerprint density at radius 1 is 1.23 bits per heavy atom. The number of anilines is 2. The smallest absolute Gasteiger partial charge is 0.326 e. The summed E-state index contributed by atoms with van der Waals surface area (Å²) < 4.78 is 27.8. The second-order valence-electron chi connectivity index (χ2n) is 7.60. The molecule has 0 bridgehead atoms. The van der Waals surface area contributed by atoms with Crippen LogP contribution in [0.5, 0.6) is 0 Å². The predicted octanol–water partition coefficient (Wildman–Crippen LogP) is 4.10. The van der Waals surface area contributed by atoms with E-state index in [1.807, 2.05) is 31.2 Å². The zero-order valence-corrected chi connectivity index (χ0v) is 16.6. The minimum Gasteiger partial charge on any atom is -0.340 e. The summed E-state index contributed by atoms with van der Waals surface area (Å²) in [5.41, 5.74) is 3.64. The molecule has 2 aromatic carbocycles. The molecule has 0 spiro atoms. The first kappa shape index (κ1) is 19.2. The van der Waals surface area contributed by atoms with Gasteiger partial charge in [-0.2, -0.15) is 0 Å². The molecular weight excluding hydrogens is 402 g/mol. The molecule has 5 rings (SSSR count). The SMILES string of the molecule is Cc1ccccc1[C@H]1NC(=O)c2nccc(NC(=O)N3CCc4c(F)cc(F)cc43)c21. The van der Waals surface area contributed by atoms with Crippen molar-refractivity contribution in [3.63, 3.8) is 0 Å². The Morgan fingerprint density at radius 2 is 2.03 bits per heavy atom. The topological polar surface area (TPSA) is 74.3 Å². The minimum atomic E-state index is -0.741. The van der Waals surface area contributed by atoms with Crippen LogP contribution in [-0.2, 0) is 6.42 Å². The number of hydrogen-bond acceptors (Lipinski definition) is 3. The maximum atomic E-state index is 14.1. The van der Waals surface area contributed by atoms with E-state index < -0.39 is 23.7 Å². The van der Waals surface area contributed by atoms with Crippen molar-refractivity contribution in [2.75, 3.05) is 16.8 Å². The summed E-state index contributed by atoms with van der Waals surface area (Å²) in [5.74, 6) is -1.73. The highest BCUT2D eigenvalue weighted by Crippen LogP contribution is 2.37. The third-order valence-electron chi connectivity index (χ3n) is 5.77. The van der Waals surface area contributed by atoms with E-state index in [0.717, 1.165) is 23.3 Å². The number of pyridine rings is 1. The second-order valence-corrected chi connectivity index (χ2v) is 7.60. The minimum absolute atomic E-state index is 0.213. The van der Waals surface area contributed by atoms with Crippen molar-refractivity contribution in [2.45, 2.75) is 19.4 Å². The van der Waals surface area contributed by atoms with Crippen LogP contribution in [0.15, 0.2) is 48.7 Å². The molecule has 0 aliphatic carbocycles. The van der Waals surface area contributed by atoms with Gasteiger partial charge in [0.05, 0.1) is 17.4 Å². The third-order valence-corrected chi connectivity index (χ3v) is 5.77. The fourth-order valence-corrected chi connectivity index (χ4v) is 4.29. The van der Waals surface area contributed by atoms with Gasteiger partial charge in [0.15, 0.2) is 0 Å². The third kappa shape index (κ3) is 3.11. The Morgan fingerprint density at radius 3 is 2.84 bits per heavy atom. The zero-order chi connectivity index (χ0) is 21.7. The molecule has 1 atom stereocenters. The van der Waals surface area contributed by atoms with Crippen LogP contribution in [0.25, 0.3) is 0 Å². The Labute approximate surface area is 176 Å². The molecule has 0 saturated carbocycles. The summed E-state index contributed by atoms with van der Waals surface area (Å²) in [5, 5.41) is 5.74. The molecule has 0 unspecified atom stereocenters. The van der Waals surface area contributed by atoms with Crippen LogP contribution < -0.4 is 15.5 Å². The number of urea groups is 1. The van der Waals surface area contributed by atoms with Crippen molar-refractivity contribution >= 4 is 23.3 Å². The van der Waals surface area contributed by atoms with Gasteiger partial charge in [0.2, 0.25) is 0 Å². The van der Waals surface area contributed by atoms with Crippen LogP contribution in [0.2, 0.25) is 0 Å². The number of rotatable bonds is 2. The number of amides is 3. The van der Waals surface area contributed by atoms with E-state index in [1.54, 1.807) is 6.07 Å². The van der Waals surface area contributed by atoms with E-state index in [0.29, 0.717) is 23.2 Å². The Balaban J connectivity index is 1.51. The maximum absolute atomic E-state index is 14.1. The molecule has 1 aromatic heterocycles. The average Bonchev–Trinajstić information content (AvgIpc) is 3.31. The molecule has 156 valence electrons. The van der Waals surface area contributed by atoms with Crippen molar-refractivity contribution in [1.29, 1.82) is 0 Å². The number of benzene rings is 2. The summed E-state index contributed by atoms with van der Waals surface area (Å²) in [6.07, 6.45) is 1.75. The van der Waals surface area contributed by atoms with Crippen LogP contribution >= 0.6 is 0 Å². The van der Waals surface area contributed by atoms with Gasteiger partial charge in [-0.15, -0.1) is 0 Å². The molecule has 0 radical (unpaired) electrons. The van der Waals surface area contributed by atoms with Gasteiger partial charge in [0.1, 0.15) is 17.3 Å². The number of aromatic nitrogens is 1. The van der Waals surface area contributed by atoms with Gasteiger partial charge in [-0.05, 0) is 36.6 Å². The maximum Gasteiger partial charge on any atom is 0.326 e. The molecule has 31 heavy (non-hydrogen) atoms. The first-order chi connectivity index (χ1) is 14.9. The largest absolute Gasteiger partial charge is 0.340 e. The Kier molecular flexibility index (Phi) is 4.43. The fourth-order valence-electron chi connectivity index (χ4n) is 4.29. The van der Waals surface area contributed by atoms with Crippen molar-refractivity contribution in [3.05, 3.63) is 88.2 Å². The van der Waals surface area contributed by atoms with Crippen molar-refractivity contribution in [3.8, 4) is 0 Å². The van der Waals surface area contributed by atoms with Gasteiger partial charge < -0.3 is 10.6 Å². The molecule has 2 N–H and O–H groups in total. The summed E-state index contributed by atoms with van der Waals surface area (Å²) in [6.45, 7) is 2.17. The van der Waals surface area contributed by atoms with Crippen LogP contribution in [0.4, 0.5) is 25.0 Å². The standard InChI is InChI=1S/C23H18F2N4O2/c1-12-4-2-3-5-14(12)20-19-17(6-8-26-21(19)22(30)28-20)27-23(31)29-9-7-15-16(25)10-13(24)11-18(15)29/h2-6,8,10-11,20H,7,9H2,1H3,(H,28,30)(H,26,27,31)/t20-/m1/s1. The quantitative estimate of drug-likeness (QED) is 0.656. The molecule has 2 aliphatic heterocycles. The van der Waals surface area contributed by atoms with Crippen molar-refractivity contribution < 1.29 is 18.4 Å². The first-order valence-electron chi connectivity index (χ1n) is 9.86. The molecule has 2 aliphatic rings. The lowest BCUT2D eigenvalue weighted by molar-refractivity contribution is 0.0956. The van der Waals surface area contributed by atoms with Gasteiger partial charge in [-0.25, -0.2) is 13.6 Å². The lowest BCUT2D eigenvalue weighted by Gasteiger charge is -2.21. The first-order valence-corrected chi connectivity index (χ1v) is 9.86. The number of fused-ring (bicyclic) bond motifs is 2. The summed E-state index contributed by atoms with van der Waals surface area (Å²) in [4.78, 5) is 31.1. The molecule has 6 nitrogen and oxygen atoms in total. The van der Waals surface area contributed by atoms with E-state index in [1.165, 1.54) is 11.1 Å². The molecule has 0 fully saturated rings. The van der Waals surface area contributed by atoms with Crippen LogP contribution in [0.1, 0.15) is 38.8 Å². The zero-order valence-electron chi connectivity index (χ0n) is 16.6. The lowest BCUT2D eigenvalue weighted by atomic mass is 9.95. The Hall–Kier alpha value is -3.81. The van der Waals surface area contributed by atoms with Gasteiger partial charge in [-0.3, -0.25) is 14.7 Å². The number of carbonyl (C=O) groups excluding carboxylic acids is 2. The van der Waals surface area contributed by atoms with E-state index in [-0.39, 0.29) is 23.8 Å². The summed E-state index contributed by atoms with van der Waals surface area (Å²) in [7, 11) is 0. The fraction of sp³-hybridized carbons (Fsp3) is 0.174. The molecule has 3 aromatic rings. The van der Waals surface area contributed by atoms with Gasteiger partial charge in [0.25, 0.3) is 5.91 Å². The van der Waals surface area contributed by atoms with Crippen molar-refractivity contribution in [1.82, 2.24) is 10.3 Å². The van der Waals surface area contributed by atoms with Gasteiger partial charge in [0, 0.05) is 29.9 Å². The van der Waals surface area contributed by atoms with E-state index in [9.17, 15) is 18.4 Å². The highest BCUT2D eigenvalue weighted by molar-refractivity contribution is 6.06. The Bertz CT molecular complexity index is 1240. The number of halogens is 2. The molecule has 8 heteroatoms. The number of hydrogen-bond donors (Lipinski definition) is 2. The average molecular weight is 420 g/mol. The second kappa shape index (κ2) is 7.16. The van der Waals surface area contributed by atoms with Crippen LogP contribution in [0.3, 0.4) is 0 Å². The highest BCUT2D eigenvalue weighted by atomic mass is 19.1. The van der Waals surface area contributed by atoms with Crippen molar-refractivity contribution in [2.24, 2.45) is 0 Å². The number of carbonyl (C=O) groups is 2. The molecule has 0 saturated heterocycles. The molecular formula is C23H18F2N4O2. The highest BCUT2D eigenvalue weighted by Gasteiger charge is 2.35. The predicted molar refractivity (Wildman–Crippen MR) is 111 cm³/mol. The summed E-state index contributed by atoms with van der Waals surface area (Å²) >= 11 is 0. The number of aryl methyl sites for hydroxylation is 1. The monoisotopic (exact) mass is 420 g/mol. The summed E-state index contributed by atoms with van der Waals surface area (Å²) in [6, 6.07) is 10.2. The normalized spacial score (nSPS) is 16.7. The van der Waals surface area contributed by atoms with E-state index >= 15 is 0 Å².